The smallest absolute Gasteiger partial charge is 0.326 e. The monoisotopic (exact) mass is 398 g/mol. The Morgan fingerprint density at radius 2 is 1.86 bits per heavy atom. The molecular weight excluding hydrogens is 368 g/mol. The molecule has 10 nitrogen and oxygen atoms in total. The first-order valence-electron chi connectivity index (χ1n) is 9.38. The van der Waals surface area contributed by atoms with Crippen LogP contribution in [0.3, 0.4) is 0 Å². The van der Waals surface area contributed by atoms with Gasteiger partial charge in [0.15, 0.2) is 6.61 Å². The number of urea groups is 2. The van der Waals surface area contributed by atoms with Gasteiger partial charge in [-0.25, -0.2) is 9.59 Å². The minimum absolute atomic E-state index is 0.111. The average Bonchev–Trinajstić information content (AvgIpc) is 2.81. The standard InChI is InChI=1S/C18H30N4O6/c1-6-12(4)19-16(26)20-13(23)10-28-14(24)9-22-15(25)18(5,21-17(22)27)8-7-11(2)3/h11-12H,6-10H2,1-5H3,(H,21,27)(H2,19,20,23,26)/t12-,18-/m0/s1. The van der Waals surface area contributed by atoms with E-state index in [2.05, 4.69) is 10.6 Å². The molecule has 1 aliphatic rings. The van der Waals surface area contributed by atoms with E-state index in [9.17, 15) is 24.0 Å². The lowest BCUT2D eigenvalue weighted by Crippen LogP contribution is -2.45. The molecule has 0 saturated carbocycles. The number of ether oxygens (including phenoxy) is 1. The summed E-state index contributed by atoms with van der Waals surface area (Å²) >= 11 is 0. The van der Waals surface area contributed by atoms with Gasteiger partial charge in [-0.3, -0.25) is 24.6 Å². The van der Waals surface area contributed by atoms with Gasteiger partial charge in [-0.05, 0) is 39.0 Å². The number of nitrogens with zero attached hydrogens (tertiary/aromatic N) is 1. The van der Waals surface area contributed by atoms with Gasteiger partial charge in [-0.15, -0.1) is 0 Å². The second-order valence-electron chi connectivity index (χ2n) is 7.58. The largest absolute Gasteiger partial charge is 0.454 e. The maximum atomic E-state index is 12.5. The van der Waals surface area contributed by atoms with Crippen LogP contribution in [0, 0.1) is 5.92 Å². The first-order valence-corrected chi connectivity index (χ1v) is 9.38. The molecule has 2 atom stereocenters. The summed E-state index contributed by atoms with van der Waals surface area (Å²) in [6.45, 7) is 7.98. The molecule has 1 heterocycles. The lowest BCUT2D eigenvalue weighted by atomic mass is 9.92. The van der Waals surface area contributed by atoms with E-state index in [-0.39, 0.29) is 6.04 Å². The number of imide groups is 2. The lowest BCUT2D eigenvalue weighted by Gasteiger charge is -2.22. The van der Waals surface area contributed by atoms with Crippen LogP contribution in [-0.4, -0.2) is 59.5 Å². The van der Waals surface area contributed by atoms with Gasteiger partial charge in [-0.2, -0.15) is 0 Å². The molecule has 1 fully saturated rings. The molecule has 0 bridgehead atoms. The summed E-state index contributed by atoms with van der Waals surface area (Å²) in [6.07, 6.45) is 1.88. The molecule has 158 valence electrons. The van der Waals surface area contributed by atoms with Crippen LogP contribution < -0.4 is 16.0 Å². The van der Waals surface area contributed by atoms with Crippen LogP contribution in [0.15, 0.2) is 0 Å². The van der Waals surface area contributed by atoms with E-state index in [4.69, 9.17) is 4.74 Å². The van der Waals surface area contributed by atoms with Crippen LogP contribution in [0.5, 0.6) is 0 Å². The zero-order valence-electron chi connectivity index (χ0n) is 17.1. The number of amides is 6. The minimum atomic E-state index is -1.06. The van der Waals surface area contributed by atoms with Gasteiger partial charge in [0.1, 0.15) is 12.1 Å². The van der Waals surface area contributed by atoms with Crippen LogP contribution in [-0.2, 0) is 19.1 Å². The van der Waals surface area contributed by atoms with Crippen molar-refractivity contribution in [3.63, 3.8) is 0 Å². The van der Waals surface area contributed by atoms with E-state index in [0.29, 0.717) is 18.8 Å². The molecular formula is C18H30N4O6. The van der Waals surface area contributed by atoms with Crippen molar-refractivity contribution in [3.05, 3.63) is 0 Å². The van der Waals surface area contributed by atoms with Gasteiger partial charge in [0.25, 0.3) is 11.8 Å². The van der Waals surface area contributed by atoms with E-state index in [1.54, 1.807) is 13.8 Å². The highest BCUT2D eigenvalue weighted by molar-refractivity contribution is 6.08. The molecule has 0 unspecified atom stereocenters. The van der Waals surface area contributed by atoms with E-state index in [1.165, 1.54) is 0 Å². The van der Waals surface area contributed by atoms with Crippen LogP contribution >= 0.6 is 0 Å². The zero-order chi connectivity index (χ0) is 21.5. The average molecular weight is 398 g/mol. The highest BCUT2D eigenvalue weighted by Gasteiger charge is 2.48. The van der Waals surface area contributed by atoms with Crippen LogP contribution in [0.1, 0.15) is 53.9 Å². The summed E-state index contributed by atoms with van der Waals surface area (Å²) in [5.41, 5.74) is -1.06. The quantitative estimate of drug-likeness (QED) is 0.390. The summed E-state index contributed by atoms with van der Waals surface area (Å²) < 4.78 is 4.76. The van der Waals surface area contributed by atoms with Gasteiger partial charge >= 0.3 is 18.0 Å². The molecule has 0 spiro atoms. The normalized spacial score (nSPS) is 20.0. The lowest BCUT2D eigenvalue weighted by molar-refractivity contribution is -0.150. The first kappa shape index (κ1) is 23.4. The van der Waals surface area contributed by atoms with Crippen molar-refractivity contribution in [1.29, 1.82) is 0 Å². The number of carbonyl (C=O) groups is 5. The second-order valence-corrected chi connectivity index (χ2v) is 7.58. The summed E-state index contributed by atoms with van der Waals surface area (Å²) in [5.74, 6) is -1.88. The molecule has 10 heteroatoms. The molecule has 0 aliphatic carbocycles. The van der Waals surface area contributed by atoms with Crippen molar-refractivity contribution < 1.29 is 28.7 Å². The molecule has 1 saturated heterocycles. The third-order valence-electron chi connectivity index (χ3n) is 4.46. The summed E-state index contributed by atoms with van der Waals surface area (Å²) in [4.78, 5) is 60.4. The summed E-state index contributed by atoms with van der Waals surface area (Å²) in [7, 11) is 0. The van der Waals surface area contributed by atoms with Gasteiger partial charge in [-0.1, -0.05) is 20.8 Å². The third-order valence-corrected chi connectivity index (χ3v) is 4.46. The predicted molar refractivity (Wildman–Crippen MR) is 100 cm³/mol. The number of hydrogen-bond acceptors (Lipinski definition) is 6. The topological polar surface area (TPSA) is 134 Å². The SMILES string of the molecule is CC[C@H](C)NC(=O)NC(=O)COC(=O)CN1C(=O)N[C@@](C)(CCC(C)C)C1=O. The van der Waals surface area contributed by atoms with Gasteiger partial charge in [0.05, 0.1) is 0 Å². The Hall–Kier alpha value is -2.65. The Morgan fingerprint density at radius 3 is 2.43 bits per heavy atom. The Kier molecular flexibility index (Phi) is 8.39. The summed E-state index contributed by atoms with van der Waals surface area (Å²) in [6, 6.07) is -1.48. The Bertz CT molecular complexity index is 636. The number of esters is 1. The third kappa shape index (κ3) is 6.82. The van der Waals surface area contributed by atoms with Crippen molar-refractivity contribution >= 4 is 29.8 Å². The van der Waals surface area contributed by atoms with Crippen molar-refractivity contribution in [2.75, 3.05) is 13.2 Å². The van der Waals surface area contributed by atoms with Crippen molar-refractivity contribution in [2.45, 2.75) is 65.5 Å². The maximum absolute atomic E-state index is 12.5. The zero-order valence-corrected chi connectivity index (χ0v) is 17.1. The molecule has 6 amide bonds. The molecule has 0 aromatic rings. The fourth-order valence-corrected chi connectivity index (χ4v) is 2.48. The Balaban J connectivity index is 2.48. The second kappa shape index (κ2) is 10.0. The molecule has 0 aromatic carbocycles. The van der Waals surface area contributed by atoms with Gasteiger partial charge in [0.2, 0.25) is 0 Å². The maximum Gasteiger partial charge on any atom is 0.326 e. The van der Waals surface area contributed by atoms with Crippen LogP contribution in [0.25, 0.3) is 0 Å². The van der Waals surface area contributed by atoms with E-state index in [0.717, 1.165) is 11.3 Å². The predicted octanol–water partition coefficient (Wildman–Crippen LogP) is 0.901. The van der Waals surface area contributed by atoms with E-state index in [1.807, 2.05) is 26.1 Å². The first-order chi connectivity index (χ1) is 13.0. The number of hydrogen-bond donors (Lipinski definition) is 3. The molecule has 3 N–H and O–H groups in total. The van der Waals surface area contributed by atoms with Gasteiger partial charge < -0.3 is 15.4 Å². The number of carbonyl (C=O) groups excluding carboxylic acids is 5. The number of rotatable bonds is 9. The minimum Gasteiger partial charge on any atom is -0.454 e. The highest BCUT2D eigenvalue weighted by Crippen LogP contribution is 2.24. The van der Waals surface area contributed by atoms with Crippen molar-refractivity contribution in [2.24, 2.45) is 5.92 Å². The fourth-order valence-electron chi connectivity index (χ4n) is 2.48. The number of nitrogens with one attached hydrogen (secondary N) is 3. The molecule has 1 rings (SSSR count). The summed E-state index contributed by atoms with van der Waals surface area (Å²) in [5, 5.41) is 7.16. The Labute approximate surface area is 164 Å². The molecule has 0 aromatic heterocycles. The van der Waals surface area contributed by atoms with Crippen LogP contribution in [0.4, 0.5) is 9.59 Å². The molecule has 1 aliphatic heterocycles. The van der Waals surface area contributed by atoms with Crippen LogP contribution in [0.2, 0.25) is 0 Å². The van der Waals surface area contributed by atoms with Gasteiger partial charge in [0, 0.05) is 6.04 Å². The van der Waals surface area contributed by atoms with E-state index >= 15 is 0 Å². The van der Waals surface area contributed by atoms with Crippen molar-refractivity contribution in [3.8, 4) is 0 Å². The van der Waals surface area contributed by atoms with E-state index < -0.39 is 48.5 Å². The highest BCUT2D eigenvalue weighted by atomic mass is 16.5. The Morgan fingerprint density at radius 1 is 1.21 bits per heavy atom. The fraction of sp³-hybridized carbons (Fsp3) is 0.722. The molecule has 0 radical (unpaired) electrons. The molecule has 28 heavy (non-hydrogen) atoms. The van der Waals surface area contributed by atoms with Crippen molar-refractivity contribution in [1.82, 2.24) is 20.9 Å².